The Balaban J connectivity index is 1.67. The Morgan fingerprint density at radius 2 is 2.13 bits per heavy atom. The number of carboxylic acid groups (broad SMARTS) is 1. The Morgan fingerprint density at radius 1 is 1.39 bits per heavy atom. The summed E-state index contributed by atoms with van der Waals surface area (Å²) in [6.45, 7) is 2.11. The summed E-state index contributed by atoms with van der Waals surface area (Å²) in [6, 6.07) is 6.65. The van der Waals surface area contributed by atoms with E-state index in [2.05, 4.69) is 5.32 Å². The molecule has 0 aromatic heterocycles. The standard InChI is InChI=1S/C16H18N2O5/c1-9-10(16(21)22)6-7-18(9)14(19)8-13-15(20)17-11-4-2-3-5-12(11)23-13/h2-5,9-10,13H,6-8H2,1H3,(H,17,20)(H,21,22). The number of nitrogens with one attached hydrogen (secondary N) is 1. The summed E-state index contributed by atoms with van der Waals surface area (Å²) >= 11 is 0. The number of carbonyl (C=O) groups is 3. The van der Waals surface area contributed by atoms with E-state index in [-0.39, 0.29) is 24.3 Å². The van der Waals surface area contributed by atoms with Crippen LogP contribution in [0.2, 0.25) is 0 Å². The van der Waals surface area contributed by atoms with Gasteiger partial charge in [-0.1, -0.05) is 12.1 Å². The Morgan fingerprint density at radius 3 is 2.83 bits per heavy atom. The van der Waals surface area contributed by atoms with Gasteiger partial charge in [-0.15, -0.1) is 0 Å². The van der Waals surface area contributed by atoms with Crippen molar-refractivity contribution in [3.05, 3.63) is 24.3 Å². The van der Waals surface area contributed by atoms with Crippen molar-refractivity contribution in [1.29, 1.82) is 0 Å². The van der Waals surface area contributed by atoms with E-state index in [1.165, 1.54) is 4.90 Å². The van der Waals surface area contributed by atoms with Gasteiger partial charge in [0.15, 0.2) is 6.10 Å². The molecule has 2 aliphatic heterocycles. The fraction of sp³-hybridized carbons (Fsp3) is 0.438. The second kappa shape index (κ2) is 5.91. The van der Waals surface area contributed by atoms with Crippen LogP contribution in [0.1, 0.15) is 19.8 Å². The molecular formula is C16H18N2O5. The summed E-state index contributed by atoms with van der Waals surface area (Å²) in [5.74, 6) is -1.54. The second-order valence-electron chi connectivity index (χ2n) is 5.86. The van der Waals surface area contributed by atoms with Crippen LogP contribution in [0.3, 0.4) is 0 Å². The minimum atomic E-state index is -0.895. The van der Waals surface area contributed by atoms with Crippen LogP contribution in [0, 0.1) is 5.92 Å². The predicted molar refractivity (Wildman–Crippen MR) is 81.0 cm³/mol. The molecule has 1 saturated heterocycles. The van der Waals surface area contributed by atoms with Crippen LogP contribution in [-0.2, 0) is 14.4 Å². The van der Waals surface area contributed by atoms with E-state index in [4.69, 9.17) is 9.84 Å². The molecule has 7 nitrogen and oxygen atoms in total. The predicted octanol–water partition coefficient (Wildman–Crippen LogP) is 1.10. The fourth-order valence-corrected chi connectivity index (χ4v) is 3.12. The first-order chi connectivity index (χ1) is 11.0. The van der Waals surface area contributed by atoms with Gasteiger partial charge in [0.2, 0.25) is 5.91 Å². The number of para-hydroxylation sites is 2. The number of anilines is 1. The maximum absolute atomic E-state index is 12.4. The summed E-state index contributed by atoms with van der Waals surface area (Å²) in [5, 5.41) is 11.8. The lowest BCUT2D eigenvalue weighted by Gasteiger charge is -2.28. The molecule has 0 saturated carbocycles. The maximum atomic E-state index is 12.4. The zero-order chi connectivity index (χ0) is 16.6. The molecule has 3 atom stereocenters. The molecule has 2 N–H and O–H groups in total. The van der Waals surface area contributed by atoms with E-state index in [0.29, 0.717) is 24.4 Å². The van der Waals surface area contributed by atoms with E-state index >= 15 is 0 Å². The Bertz CT molecular complexity index is 660. The van der Waals surface area contributed by atoms with Crippen LogP contribution >= 0.6 is 0 Å². The molecule has 0 bridgehead atoms. The van der Waals surface area contributed by atoms with Gasteiger partial charge in [-0.05, 0) is 25.5 Å². The number of hydrogen-bond acceptors (Lipinski definition) is 4. The van der Waals surface area contributed by atoms with Crippen LogP contribution < -0.4 is 10.1 Å². The van der Waals surface area contributed by atoms with Crippen LogP contribution in [0.15, 0.2) is 24.3 Å². The molecule has 1 aromatic carbocycles. The normalized spacial score (nSPS) is 26.2. The van der Waals surface area contributed by atoms with Gasteiger partial charge in [-0.25, -0.2) is 0 Å². The van der Waals surface area contributed by atoms with Crippen LogP contribution in [-0.4, -0.2) is 46.5 Å². The molecule has 7 heteroatoms. The van der Waals surface area contributed by atoms with E-state index in [0.717, 1.165) is 0 Å². The van der Waals surface area contributed by atoms with Gasteiger partial charge in [0, 0.05) is 12.6 Å². The molecule has 1 aromatic rings. The summed E-state index contributed by atoms with van der Waals surface area (Å²) in [6.07, 6.45) is -0.562. The third kappa shape index (κ3) is 2.86. The molecule has 2 aliphatic rings. The topological polar surface area (TPSA) is 95.9 Å². The van der Waals surface area contributed by atoms with Crippen LogP contribution in [0.4, 0.5) is 5.69 Å². The number of carboxylic acids is 1. The number of amides is 2. The van der Waals surface area contributed by atoms with Gasteiger partial charge >= 0.3 is 5.97 Å². The SMILES string of the molecule is CC1C(C(=O)O)CCN1C(=O)CC1Oc2ccccc2NC1=O. The first-order valence-electron chi connectivity index (χ1n) is 7.56. The van der Waals surface area contributed by atoms with Gasteiger partial charge in [0.25, 0.3) is 5.91 Å². The monoisotopic (exact) mass is 318 g/mol. The molecule has 1 fully saturated rings. The average molecular weight is 318 g/mol. The van der Waals surface area contributed by atoms with E-state index in [1.54, 1.807) is 31.2 Å². The first kappa shape index (κ1) is 15.3. The highest BCUT2D eigenvalue weighted by atomic mass is 16.5. The number of nitrogens with zero attached hydrogens (tertiary/aromatic N) is 1. The molecule has 0 spiro atoms. The zero-order valence-electron chi connectivity index (χ0n) is 12.7. The smallest absolute Gasteiger partial charge is 0.308 e. The molecule has 2 amide bonds. The zero-order valence-corrected chi connectivity index (χ0v) is 12.7. The summed E-state index contributed by atoms with van der Waals surface area (Å²) in [4.78, 5) is 37.1. The van der Waals surface area contributed by atoms with E-state index in [1.807, 2.05) is 0 Å². The van der Waals surface area contributed by atoms with Crippen molar-refractivity contribution in [3.8, 4) is 5.75 Å². The number of likely N-dealkylation sites (tertiary alicyclic amines) is 1. The summed E-state index contributed by atoms with van der Waals surface area (Å²) in [7, 11) is 0. The molecule has 23 heavy (non-hydrogen) atoms. The number of hydrogen-bond donors (Lipinski definition) is 2. The molecule has 122 valence electrons. The van der Waals surface area contributed by atoms with Crippen molar-refractivity contribution in [2.75, 3.05) is 11.9 Å². The second-order valence-corrected chi connectivity index (χ2v) is 5.86. The summed E-state index contributed by atoms with van der Waals surface area (Å²) in [5.41, 5.74) is 0.585. The molecule has 0 aliphatic carbocycles. The molecule has 2 heterocycles. The number of aliphatic carboxylic acids is 1. The van der Waals surface area contributed by atoms with Crippen LogP contribution in [0.5, 0.6) is 5.75 Å². The average Bonchev–Trinajstić information content (AvgIpc) is 2.90. The number of carbonyl (C=O) groups excluding carboxylic acids is 2. The van der Waals surface area contributed by atoms with Gasteiger partial charge in [0.1, 0.15) is 5.75 Å². The van der Waals surface area contributed by atoms with Crippen molar-refractivity contribution >= 4 is 23.5 Å². The number of fused-ring (bicyclic) bond motifs is 1. The third-order valence-corrected chi connectivity index (χ3v) is 4.46. The number of ether oxygens (including phenoxy) is 1. The third-order valence-electron chi connectivity index (χ3n) is 4.46. The Kier molecular flexibility index (Phi) is 3.94. The highest BCUT2D eigenvalue weighted by Crippen LogP contribution is 2.31. The molecule has 3 unspecified atom stereocenters. The van der Waals surface area contributed by atoms with Crippen molar-refractivity contribution < 1.29 is 24.2 Å². The highest BCUT2D eigenvalue weighted by Gasteiger charge is 2.40. The lowest BCUT2D eigenvalue weighted by Crippen LogP contribution is -2.44. The van der Waals surface area contributed by atoms with Gasteiger partial charge in [-0.2, -0.15) is 0 Å². The quantitative estimate of drug-likeness (QED) is 0.870. The minimum absolute atomic E-state index is 0.100. The van der Waals surface area contributed by atoms with Crippen LogP contribution in [0.25, 0.3) is 0 Å². The van der Waals surface area contributed by atoms with Crippen molar-refractivity contribution in [3.63, 3.8) is 0 Å². The summed E-state index contributed by atoms with van der Waals surface area (Å²) < 4.78 is 5.61. The highest BCUT2D eigenvalue weighted by molar-refractivity contribution is 6.00. The minimum Gasteiger partial charge on any atom is -0.481 e. The lowest BCUT2D eigenvalue weighted by atomic mass is 10.0. The maximum Gasteiger partial charge on any atom is 0.308 e. The Labute approximate surface area is 133 Å². The lowest BCUT2D eigenvalue weighted by molar-refractivity contribution is -0.143. The van der Waals surface area contributed by atoms with Gasteiger partial charge in [-0.3, -0.25) is 14.4 Å². The van der Waals surface area contributed by atoms with Crippen molar-refractivity contribution in [2.24, 2.45) is 5.92 Å². The molecule has 3 rings (SSSR count). The van der Waals surface area contributed by atoms with E-state index in [9.17, 15) is 14.4 Å². The fourth-order valence-electron chi connectivity index (χ4n) is 3.12. The molecular weight excluding hydrogens is 300 g/mol. The van der Waals surface area contributed by atoms with Gasteiger partial charge < -0.3 is 20.1 Å². The number of rotatable bonds is 3. The van der Waals surface area contributed by atoms with E-state index < -0.39 is 18.0 Å². The largest absolute Gasteiger partial charge is 0.481 e. The Hall–Kier alpha value is -2.57. The first-order valence-corrected chi connectivity index (χ1v) is 7.56. The number of benzene rings is 1. The van der Waals surface area contributed by atoms with Gasteiger partial charge in [0.05, 0.1) is 18.0 Å². The molecule has 0 radical (unpaired) electrons. The van der Waals surface area contributed by atoms with Crippen molar-refractivity contribution in [1.82, 2.24) is 4.90 Å². The van der Waals surface area contributed by atoms with Crippen molar-refractivity contribution in [2.45, 2.75) is 31.9 Å².